The number of rotatable bonds is 6. The van der Waals surface area contributed by atoms with E-state index in [1.807, 2.05) is 44.2 Å². The number of aliphatic hydroxyl groups excluding tert-OH is 1. The predicted molar refractivity (Wildman–Crippen MR) is 134 cm³/mol. The van der Waals surface area contributed by atoms with Crippen molar-refractivity contribution in [2.24, 2.45) is 0 Å². The molecule has 3 aromatic carbocycles. The van der Waals surface area contributed by atoms with Crippen molar-refractivity contribution in [1.29, 1.82) is 0 Å². The summed E-state index contributed by atoms with van der Waals surface area (Å²) in [4.78, 5) is 28.0. The van der Waals surface area contributed by atoms with Gasteiger partial charge in [0.2, 0.25) is 0 Å². The van der Waals surface area contributed by atoms with Crippen LogP contribution in [0.25, 0.3) is 5.76 Å². The van der Waals surface area contributed by atoms with Gasteiger partial charge in [-0.15, -0.1) is 0 Å². The molecule has 0 aromatic heterocycles. The van der Waals surface area contributed by atoms with Gasteiger partial charge < -0.3 is 9.84 Å². The normalized spacial score (nSPS) is 17.3. The Morgan fingerprint density at radius 2 is 1.76 bits per heavy atom. The minimum atomic E-state index is -0.797. The molecule has 34 heavy (non-hydrogen) atoms. The fraction of sp³-hybridized carbons (Fsp3) is 0.214. The molecule has 1 saturated heterocycles. The molecule has 1 amide bonds. The van der Waals surface area contributed by atoms with Gasteiger partial charge in [-0.2, -0.15) is 0 Å². The first-order valence-corrected chi connectivity index (χ1v) is 11.6. The van der Waals surface area contributed by atoms with Crippen molar-refractivity contribution < 1.29 is 19.4 Å². The Labute approximate surface area is 204 Å². The zero-order valence-electron chi connectivity index (χ0n) is 19.3. The number of carbonyl (C=O) groups is 2. The third-order valence-corrected chi connectivity index (χ3v) is 6.38. The molecule has 174 valence electrons. The van der Waals surface area contributed by atoms with E-state index >= 15 is 0 Å². The molecule has 0 radical (unpaired) electrons. The number of ether oxygens (including phenoxy) is 1. The molecule has 0 aliphatic carbocycles. The number of nitrogens with zero attached hydrogens (tertiary/aromatic N) is 1. The smallest absolute Gasteiger partial charge is 0.300 e. The van der Waals surface area contributed by atoms with E-state index < -0.39 is 17.7 Å². The Hall–Kier alpha value is -3.57. The molecule has 1 atom stereocenters. The van der Waals surface area contributed by atoms with Gasteiger partial charge in [-0.05, 0) is 67.3 Å². The first-order chi connectivity index (χ1) is 16.3. The average molecular weight is 476 g/mol. The Kier molecular flexibility index (Phi) is 6.75. The van der Waals surface area contributed by atoms with Crippen LogP contribution in [0.15, 0.2) is 72.3 Å². The number of aryl methyl sites for hydroxylation is 1. The lowest BCUT2D eigenvalue weighted by molar-refractivity contribution is -0.132. The number of halogens is 1. The molecule has 5 nitrogen and oxygen atoms in total. The summed E-state index contributed by atoms with van der Waals surface area (Å²) in [6.07, 6.45) is 0.880. The fourth-order valence-corrected chi connectivity index (χ4v) is 4.38. The van der Waals surface area contributed by atoms with Gasteiger partial charge in [0.15, 0.2) is 0 Å². The highest BCUT2D eigenvalue weighted by molar-refractivity contribution is 6.52. The Bertz CT molecular complexity index is 1280. The third-order valence-electron chi connectivity index (χ3n) is 5.97. The molecule has 6 heteroatoms. The summed E-state index contributed by atoms with van der Waals surface area (Å²) in [5, 5.41) is 11.8. The Morgan fingerprint density at radius 1 is 1.03 bits per heavy atom. The Morgan fingerprint density at radius 3 is 2.44 bits per heavy atom. The van der Waals surface area contributed by atoms with Gasteiger partial charge >= 0.3 is 0 Å². The van der Waals surface area contributed by atoms with Crippen molar-refractivity contribution in [3.63, 3.8) is 0 Å². The second-order valence-electron chi connectivity index (χ2n) is 8.29. The van der Waals surface area contributed by atoms with Crippen LogP contribution in [0, 0.1) is 13.8 Å². The van der Waals surface area contributed by atoms with Crippen LogP contribution in [-0.2, 0) is 9.59 Å². The number of anilines is 1. The lowest BCUT2D eigenvalue weighted by atomic mass is 9.94. The van der Waals surface area contributed by atoms with Crippen molar-refractivity contribution in [1.82, 2.24) is 0 Å². The molecular weight excluding hydrogens is 450 g/mol. The van der Waals surface area contributed by atoms with Gasteiger partial charge in [-0.1, -0.05) is 54.9 Å². The first kappa shape index (κ1) is 23.6. The molecule has 1 unspecified atom stereocenters. The predicted octanol–water partition coefficient (Wildman–Crippen LogP) is 6.37. The van der Waals surface area contributed by atoms with Gasteiger partial charge in [-0.3, -0.25) is 14.5 Å². The number of ketones is 1. The third kappa shape index (κ3) is 4.19. The summed E-state index contributed by atoms with van der Waals surface area (Å²) in [5.74, 6) is -0.956. The van der Waals surface area contributed by atoms with E-state index in [1.165, 1.54) is 4.90 Å². The molecule has 1 aliphatic rings. The van der Waals surface area contributed by atoms with Crippen molar-refractivity contribution in [3.05, 3.63) is 99.6 Å². The van der Waals surface area contributed by atoms with Gasteiger partial charge in [0.1, 0.15) is 11.5 Å². The van der Waals surface area contributed by atoms with Crippen molar-refractivity contribution in [2.45, 2.75) is 33.2 Å². The quantitative estimate of drug-likeness (QED) is 0.255. The highest BCUT2D eigenvalue weighted by Gasteiger charge is 2.47. The van der Waals surface area contributed by atoms with Crippen molar-refractivity contribution in [3.8, 4) is 5.75 Å². The minimum Gasteiger partial charge on any atom is -0.507 e. The van der Waals surface area contributed by atoms with E-state index in [0.717, 1.165) is 12.0 Å². The largest absolute Gasteiger partial charge is 0.507 e. The summed E-state index contributed by atoms with van der Waals surface area (Å²) in [7, 11) is 0. The lowest BCUT2D eigenvalue weighted by Crippen LogP contribution is -2.30. The number of benzene rings is 3. The van der Waals surface area contributed by atoms with Crippen molar-refractivity contribution in [2.75, 3.05) is 11.5 Å². The van der Waals surface area contributed by atoms with Gasteiger partial charge in [-0.25, -0.2) is 0 Å². The van der Waals surface area contributed by atoms with Crippen LogP contribution in [0.4, 0.5) is 5.69 Å². The van der Waals surface area contributed by atoms with Gasteiger partial charge in [0, 0.05) is 16.3 Å². The summed E-state index contributed by atoms with van der Waals surface area (Å²) < 4.78 is 5.73. The summed E-state index contributed by atoms with van der Waals surface area (Å²) in [5.41, 5.74) is 3.23. The van der Waals surface area contributed by atoms with E-state index in [9.17, 15) is 14.7 Å². The maximum atomic E-state index is 13.3. The second-order valence-corrected chi connectivity index (χ2v) is 8.70. The number of amides is 1. The molecule has 0 saturated carbocycles. The molecule has 0 bridgehead atoms. The van der Waals surface area contributed by atoms with E-state index in [0.29, 0.717) is 39.8 Å². The maximum Gasteiger partial charge on any atom is 0.300 e. The average Bonchev–Trinajstić information content (AvgIpc) is 3.10. The van der Waals surface area contributed by atoms with E-state index in [2.05, 4.69) is 0 Å². The molecular formula is C28H26ClNO4. The molecule has 1 heterocycles. The fourth-order valence-electron chi connectivity index (χ4n) is 4.21. The number of hydrogen-bond acceptors (Lipinski definition) is 4. The van der Waals surface area contributed by atoms with Gasteiger partial charge in [0.25, 0.3) is 11.7 Å². The summed E-state index contributed by atoms with van der Waals surface area (Å²) in [6.45, 7) is 6.30. The minimum absolute atomic E-state index is 0.0391. The van der Waals surface area contributed by atoms with Crippen molar-refractivity contribution >= 4 is 34.7 Å². The highest BCUT2D eigenvalue weighted by Crippen LogP contribution is 2.44. The number of Topliss-reactive ketones (excluding diaryl/α,β-unsaturated/α-hetero) is 1. The van der Waals surface area contributed by atoms with Crippen LogP contribution < -0.4 is 9.64 Å². The van der Waals surface area contributed by atoms with Crippen LogP contribution >= 0.6 is 11.6 Å². The topological polar surface area (TPSA) is 66.8 Å². The molecule has 0 spiro atoms. The first-order valence-electron chi connectivity index (χ1n) is 11.2. The van der Waals surface area contributed by atoms with E-state index in [1.54, 1.807) is 43.3 Å². The molecule has 1 N–H and O–H groups in total. The van der Waals surface area contributed by atoms with E-state index in [-0.39, 0.29) is 11.3 Å². The maximum absolute atomic E-state index is 13.3. The summed E-state index contributed by atoms with van der Waals surface area (Å²) >= 11 is 6.34. The number of hydrogen-bond donors (Lipinski definition) is 1. The van der Waals surface area contributed by atoms with Crippen LogP contribution in [-0.4, -0.2) is 23.4 Å². The van der Waals surface area contributed by atoms with Crippen LogP contribution in [0.2, 0.25) is 5.02 Å². The molecule has 3 aromatic rings. The lowest BCUT2D eigenvalue weighted by Gasteiger charge is -2.27. The van der Waals surface area contributed by atoms with Crippen LogP contribution in [0.3, 0.4) is 0 Å². The number of aliphatic hydroxyl groups is 1. The zero-order valence-corrected chi connectivity index (χ0v) is 20.1. The van der Waals surface area contributed by atoms with E-state index in [4.69, 9.17) is 16.3 Å². The standard InChI is InChI=1S/C28H26ClNO4/c1-4-15-34-23-14-13-20(16-17(23)2)26(31)24-25(19-9-6-5-7-10-19)30(28(33)27(24)32)22-12-8-11-21(29)18(22)3/h5-14,16,25,31H,4,15H2,1-3H3/b26-24+. The number of carbonyl (C=O) groups excluding carboxylic acids is 2. The van der Waals surface area contributed by atoms with Crippen LogP contribution in [0.1, 0.15) is 41.6 Å². The monoisotopic (exact) mass is 475 g/mol. The SMILES string of the molecule is CCCOc1ccc(/C(O)=C2\C(=O)C(=O)N(c3cccc(Cl)c3C)C2c2ccccc2)cc1C. The Balaban J connectivity index is 1.89. The second kappa shape index (κ2) is 9.74. The zero-order chi connectivity index (χ0) is 24.4. The molecule has 1 aliphatic heterocycles. The van der Waals surface area contributed by atoms with Gasteiger partial charge in [0.05, 0.1) is 18.2 Å². The van der Waals surface area contributed by atoms with Crippen LogP contribution in [0.5, 0.6) is 5.75 Å². The highest BCUT2D eigenvalue weighted by atomic mass is 35.5. The molecule has 4 rings (SSSR count). The molecule has 1 fully saturated rings. The summed E-state index contributed by atoms with van der Waals surface area (Å²) in [6, 6.07) is 18.9.